The second-order valence-electron chi connectivity index (χ2n) is 5.68. The van der Waals surface area contributed by atoms with Crippen LogP contribution in [0.4, 0.5) is 10.8 Å². The summed E-state index contributed by atoms with van der Waals surface area (Å²) in [5, 5.41) is 22.8. The Balaban J connectivity index is 1.58. The molecule has 0 bridgehead atoms. The third-order valence-corrected chi connectivity index (χ3v) is 5.16. The highest BCUT2D eigenvalue weighted by Crippen LogP contribution is 2.35. The standard InChI is InChI=1S/C16H15N7S/c1-10-4-7-23(21-10)15-3-2-14(19-20-15)22-6-5-11-12(8-17)16(18)24-13(11)9-22/h2-4,7H,5-6,9,18H2,1H3. The molecule has 1 aliphatic heterocycles. The van der Waals surface area contributed by atoms with Gasteiger partial charge in [-0.15, -0.1) is 21.5 Å². The Labute approximate surface area is 143 Å². The van der Waals surface area contributed by atoms with Crippen molar-refractivity contribution in [3.63, 3.8) is 0 Å². The molecule has 3 aromatic heterocycles. The SMILES string of the molecule is Cc1ccn(-c2ccc(N3CCc4c(sc(N)c4C#N)C3)nn2)n1. The van der Waals surface area contributed by atoms with Gasteiger partial charge in [-0.1, -0.05) is 0 Å². The zero-order valence-corrected chi connectivity index (χ0v) is 13.9. The molecule has 7 nitrogen and oxygen atoms in total. The van der Waals surface area contributed by atoms with Crippen LogP contribution in [0.3, 0.4) is 0 Å². The smallest absolute Gasteiger partial charge is 0.175 e. The van der Waals surface area contributed by atoms with E-state index in [1.54, 1.807) is 4.68 Å². The molecule has 0 spiro atoms. The Morgan fingerprint density at radius 1 is 1.25 bits per heavy atom. The van der Waals surface area contributed by atoms with Gasteiger partial charge in [-0.2, -0.15) is 10.4 Å². The number of hydrogen-bond donors (Lipinski definition) is 1. The summed E-state index contributed by atoms with van der Waals surface area (Å²) in [4.78, 5) is 3.30. The van der Waals surface area contributed by atoms with Crippen molar-refractivity contribution in [2.75, 3.05) is 17.2 Å². The number of nitriles is 1. The number of aryl methyl sites for hydroxylation is 1. The fourth-order valence-corrected chi connectivity index (χ4v) is 3.98. The predicted octanol–water partition coefficient (Wildman–Crippen LogP) is 2.05. The molecule has 3 aromatic rings. The molecule has 0 unspecified atom stereocenters. The number of nitrogens with zero attached hydrogens (tertiary/aromatic N) is 6. The summed E-state index contributed by atoms with van der Waals surface area (Å²) < 4.78 is 1.71. The quantitative estimate of drug-likeness (QED) is 0.769. The van der Waals surface area contributed by atoms with E-state index >= 15 is 0 Å². The monoisotopic (exact) mass is 337 g/mol. The topological polar surface area (TPSA) is 96.7 Å². The molecule has 120 valence electrons. The molecular formula is C16H15N7S. The average Bonchev–Trinajstić information content (AvgIpc) is 3.16. The highest BCUT2D eigenvalue weighted by atomic mass is 32.1. The van der Waals surface area contributed by atoms with Crippen LogP contribution < -0.4 is 10.6 Å². The number of nitrogens with two attached hydrogens (primary N) is 1. The maximum atomic E-state index is 9.22. The van der Waals surface area contributed by atoms with Gasteiger partial charge in [-0.3, -0.25) is 0 Å². The van der Waals surface area contributed by atoms with E-state index in [9.17, 15) is 5.26 Å². The van der Waals surface area contributed by atoms with Crippen LogP contribution >= 0.6 is 11.3 Å². The minimum absolute atomic E-state index is 0.611. The number of aromatic nitrogens is 4. The molecule has 0 aliphatic carbocycles. The van der Waals surface area contributed by atoms with Crippen molar-refractivity contribution in [1.82, 2.24) is 20.0 Å². The van der Waals surface area contributed by atoms with Crippen LogP contribution in [0.15, 0.2) is 24.4 Å². The first-order chi connectivity index (χ1) is 11.7. The lowest BCUT2D eigenvalue weighted by Gasteiger charge is -2.27. The van der Waals surface area contributed by atoms with Gasteiger partial charge < -0.3 is 10.6 Å². The van der Waals surface area contributed by atoms with Crippen molar-refractivity contribution in [2.24, 2.45) is 0 Å². The van der Waals surface area contributed by atoms with E-state index < -0.39 is 0 Å². The van der Waals surface area contributed by atoms with Crippen LogP contribution in [-0.2, 0) is 13.0 Å². The molecule has 0 saturated heterocycles. The largest absolute Gasteiger partial charge is 0.389 e. The lowest BCUT2D eigenvalue weighted by atomic mass is 10.0. The Bertz CT molecular complexity index is 932. The second-order valence-corrected chi connectivity index (χ2v) is 6.81. The number of anilines is 2. The van der Waals surface area contributed by atoms with Crippen LogP contribution in [0.5, 0.6) is 0 Å². The first-order valence-electron chi connectivity index (χ1n) is 7.57. The first-order valence-corrected chi connectivity index (χ1v) is 8.39. The second kappa shape index (κ2) is 5.62. The summed E-state index contributed by atoms with van der Waals surface area (Å²) in [7, 11) is 0. The van der Waals surface area contributed by atoms with E-state index in [0.29, 0.717) is 22.9 Å². The summed E-state index contributed by atoms with van der Waals surface area (Å²) in [5.74, 6) is 1.51. The molecule has 0 saturated carbocycles. The Kier molecular flexibility index (Phi) is 3.43. The Morgan fingerprint density at radius 3 is 2.71 bits per heavy atom. The minimum Gasteiger partial charge on any atom is -0.389 e. The van der Waals surface area contributed by atoms with Crippen LogP contribution in [-0.4, -0.2) is 26.5 Å². The van der Waals surface area contributed by atoms with Gasteiger partial charge in [-0.05, 0) is 37.1 Å². The fraction of sp³-hybridized carbons (Fsp3) is 0.250. The van der Waals surface area contributed by atoms with E-state index in [0.717, 1.165) is 34.9 Å². The van der Waals surface area contributed by atoms with E-state index in [1.807, 2.05) is 31.3 Å². The molecule has 0 radical (unpaired) electrons. The molecular weight excluding hydrogens is 322 g/mol. The van der Waals surface area contributed by atoms with Gasteiger partial charge in [0, 0.05) is 17.6 Å². The molecule has 8 heteroatoms. The molecule has 0 amide bonds. The predicted molar refractivity (Wildman–Crippen MR) is 92.1 cm³/mol. The van der Waals surface area contributed by atoms with Gasteiger partial charge in [-0.25, -0.2) is 4.68 Å². The molecule has 2 N–H and O–H groups in total. The molecule has 4 rings (SSSR count). The van der Waals surface area contributed by atoms with Crippen LogP contribution in [0.25, 0.3) is 5.82 Å². The maximum Gasteiger partial charge on any atom is 0.175 e. The number of fused-ring (bicyclic) bond motifs is 1. The van der Waals surface area contributed by atoms with E-state index in [2.05, 4.69) is 26.3 Å². The molecule has 0 aromatic carbocycles. The van der Waals surface area contributed by atoms with Gasteiger partial charge >= 0.3 is 0 Å². The van der Waals surface area contributed by atoms with Crippen molar-refractivity contribution in [3.8, 4) is 11.9 Å². The van der Waals surface area contributed by atoms with E-state index in [4.69, 9.17) is 5.73 Å². The summed E-state index contributed by atoms with van der Waals surface area (Å²) in [6, 6.07) is 8.00. The maximum absolute atomic E-state index is 9.22. The number of thiophene rings is 1. The fourth-order valence-electron chi connectivity index (χ4n) is 2.89. The van der Waals surface area contributed by atoms with Gasteiger partial charge in [0.2, 0.25) is 0 Å². The Hall–Kier alpha value is -2.92. The molecule has 0 fully saturated rings. The van der Waals surface area contributed by atoms with Gasteiger partial charge in [0.05, 0.1) is 17.8 Å². The van der Waals surface area contributed by atoms with Crippen LogP contribution in [0.1, 0.15) is 21.7 Å². The lowest BCUT2D eigenvalue weighted by Crippen LogP contribution is -2.30. The first kappa shape index (κ1) is 14.7. The van der Waals surface area contributed by atoms with Gasteiger partial charge in [0.25, 0.3) is 0 Å². The van der Waals surface area contributed by atoms with Crippen molar-refractivity contribution in [3.05, 3.63) is 46.1 Å². The molecule has 0 atom stereocenters. The normalized spacial score (nSPS) is 13.6. The summed E-state index contributed by atoms with van der Waals surface area (Å²) in [5.41, 5.74) is 8.61. The Morgan fingerprint density at radius 2 is 2.04 bits per heavy atom. The van der Waals surface area contributed by atoms with Crippen LogP contribution in [0, 0.1) is 18.3 Å². The number of rotatable bonds is 2. The molecule has 24 heavy (non-hydrogen) atoms. The third kappa shape index (κ3) is 2.39. The van der Waals surface area contributed by atoms with Crippen molar-refractivity contribution in [1.29, 1.82) is 5.26 Å². The van der Waals surface area contributed by atoms with E-state index in [-0.39, 0.29) is 0 Å². The average molecular weight is 337 g/mol. The van der Waals surface area contributed by atoms with Crippen LogP contribution in [0.2, 0.25) is 0 Å². The highest BCUT2D eigenvalue weighted by molar-refractivity contribution is 7.16. The third-order valence-electron chi connectivity index (χ3n) is 4.11. The van der Waals surface area contributed by atoms with Crippen molar-refractivity contribution >= 4 is 22.2 Å². The van der Waals surface area contributed by atoms with Gasteiger partial charge in [0.1, 0.15) is 11.1 Å². The molecule has 1 aliphatic rings. The van der Waals surface area contributed by atoms with E-state index in [1.165, 1.54) is 11.3 Å². The van der Waals surface area contributed by atoms with Crippen molar-refractivity contribution < 1.29 is 0 Å². The molecule has 4 heterocycles. The zero-order chi connectivity index (χ0) is 16.7. The summed E-state index contributed by atoms with van der Waals surface area (Å²) in [6.45, 7) is 3.44. The lowest BCUT2D eigenvalue weighted by molar-refractivity contribution is 0.716. The minimum atomic E-state index is 0.611. The summed E-state index contributed by atoms with van der Waals surface area (Å²) in [6.07, 6.45) is 2.66. The van der Waals surface area contributed by atoms with Gasteiger partial charge in [0.15, 0.2) is 11.6 Å². The number of nitrogen functional groups attached to an aromatic ring is 1. The zero-order valence-electron chi connectivity index (χ0n) is 13.1. The summed E-state index contributed by atoms with van der Waals surface area (Å²) >= 11 is 1.49. The van der Waals surface area contributed by atoms with Crippen molar-refractivity contribution in [2.45, 2.75) is 19.9 Å². The number of hydrogen-bond acceptors (Lipinski definition) is 7. The highest BCUT2D eigenvalue weighted by Gasteiger charge is 2.24.